The molecule has 92 valence electrons. The van der Waals surface area contributed by atoms with Gasteiger partial charge in [0.1, 0.15) is 11.7 Å². The SMILES string of the molecule is COC(=O)C(C(=O)c1ccc(F)cc1)C(C)C. The van der Waals surface area contributed by atoms with Crippen molar-refractivity contribution in [3.63, 3.8) is 0 Å². The lowest BCUT2D eigenvalue weighted by Crippen LogP contribution is -2.30. The summed E-state index contributed by atoms with van der Waals surface area (Å²) in [6.45, 7) is 3.53. The third-order valence-electron chi connectivity index (χ3n) is 2.53. The van der Waals surface area contributed by atoms with E-state index in [2.05, 4.69) is 4.74 Å². The van der Waals surface area contributed by atoms with E-state index in [0.717, 1.165) is 0 Å². The van der Waals surface area contributed by atoms with Gasteiger partial charge in [0.05, 0.1) is 7.11 Å². The number of ketones is 1. The van der Waals surface area contributed by atoms with E-state index in [1.165, 1.54) is 31.4 Å². The van der Waals surface area contributed by atoms with Gasteiger partial charge in [-0.05, 0) is 30.2 Å². The van der Waals surface area contributed by atoms with Crippen LogP contribution in [0.1, 0.15) is 24.2 Å². The van der Waals surface area contributed by atoms with Crippen LogP contribution >= 0.6 is 0 Å². The Morgan fingerprint density at radius 2 is 1.71 bits per heavy atom. The third-order valence-corrected chi connectivity index (χ3v) is 2.53. The van der Waals surface area contributed by atoms with E-state index in [4.69, 9.17) is 0 Å². The van der Waals surface area contributed by atoms with Crippen LogP contribution in [0.15, 0.2) is 24.3 Å². The molecule has 0 fully saturated rings. The lowest BCUT2D eigenvalue weighted by molar-refractivity contribution is -0.144. The molecule has 1 aromatic carbocycles. The number of carbonyl (C=O) groups is 2. The molecule has 0 aliphatic rings. The van der Waals surface area contributed by atoms with Crippen molar-refractivity contribution in [1.82, 2.24) is 0 Å². The molecule has 0 N–H and O–H groups in total. The summed E-state index contributed by atoms with van der Waals surface area (Å²) in [6, 6.07) is 5.13. The van der Waals surface area contributed by atoms with Gasteiger partial charge >= 0.3 is 5.97 Å². The second kappa shape index (κ2) is 5.57. The molecular formula is C13H15FO3. The van der Waals surface area contributed by atoms with Gasteiger partial charge in [0, 0.05) is 5.56 Å². The van der Waals surface area contributed by atoms with Crippen molar-refractivity contribution < 1.29 is 18.7 Å². The maximum absolute atomic E-state index is 12.7. The number of halogens is 1. The van der Waals surface area contributed by atoms with Crippen molar-refractivity contribution in [2.75, 3.05) is 7.11 Å². The molecular weight excluding hydrogens is 223 g/mol. The Morgan fingerprint density at radius 3 is 2.12 bits per heavy atom. The molecule has 4 heteroatoms. The predicted octanol–water partition coefficient (Wildman–Crippen LogP) is 2.45. The molecule has 0 bridgehead atoms. The number of rotatable bonds is 4. The van der Waals surface area contributed by atoms with E-state index in [1.807, 2.05) is 0 Å². The number of hydrogen-bond acceptors (Lipinski definition) is 3. The van der Waals surface area contributed by atoms with E-state index in [-0.39, 0.29) is 11.7 Å². The molecule has 1 rings (SSSR count). The first kappa shape index (κ1) is 13.4. The Morgan fingerprint density at radius 1 is 1.18 bits per heavy atom. The summed E-state index contributed by atoms with van der Waals surface area (Å²) in [6.07, 6.45) is 0. The highest BCUT2D eigenvalue weighted by atomic mass is 19.1. The number of carbonyl (C=O) groups excluding carboxylic acids is 2. The minimum atomic E-state index is -0.842. The number of benzene rings is 1. The van der Waals surface area contributed by atoms with Crippen molar-refractivity contribution in [2.24, 2.45) is 11.8 Å². The van der Waals surface area contributed by atoms with Crippen molar-refractivity contribution in [2.45, 2.75) is 13.8 Å². The van der Waals surface area contributed by atoms with Gasteiger partial charge in [0.25, 0.3) is 0 Å². The Hall–Kier alpha value is -1.71. The molecule has 1 atom stereocenters. The van der Waals surface area contributed by atoms with Crippen LogP contribution in [0.25, 0.3) is 0 Å². The number of ether oxygens (including phenoxy) is 1. The fourth-order valence-electron chi connectivity index (χ4n) is 1.60. The van der Waals surface area contributed by atoms with Crippen LogP contribution < -0.4 is 0 Å². The molecule has 0 radical (unpaired) electrons. The number of methoxy groups -OCH3 is 1. The van der Waals surface area contributed by atoms with Gasteiger partial charge in [-0.3, -0.25) is 9.59 Å². The molecule has 0 saturated heterocycles. The molecule has 0 aromatic heterocycles. The summed E-state index contributed by atoms with van der Waals surface area (Å²) in [5.74, 6) is -2.33. The molecule has 3 nitrogen and oxygen atoms in total. The first-order chi connectivity index (χ1) is 7.97. The van der Waals surface area contributed by atoms with Crippen molar-refractivity contribution in [1.29, 1.82) is 0 Å². The second-order valence-corrected chi connectivity index (χ2v) is 4.12. The van der Waals surface area contributed by atoms with Gasteiger partial charge < -0.3 is 4.74 Å². The molecule has 0 spiro atoms. The fourth-order valence-corrected chi connectivity index (χ4v) is 1.60. The quantitative estimate of drug-likeness (QED) is 0.459. The lowest BCUT2D eigenvalue weighted by Gasteiger charge is -2.16. The molecule has 0 aliphatic heterocycles. The van der Waals surface area contributed by atoms with Crippen LogP contribution in [-0.2, 0) is 9.53 Å². The first-order valence-corrected chi connectivity index (χ1v) is 5.35. The van der Waals surface area contributed by atoms with Crippen LogP contribution in [0.4, 0.5) is 4.39 Å². The zero-order valence-corrected chi connectivity index (χ0v) is 10.1. The van der Waals surface area contributed by atoms with Gasteiger partial charge in [-0.25, -0.2) is 4.39 Å². The molecule has 0 amide bonds. The number of hydrogen-bond donors (Lipinski definition) is 0. The smallest absolute Gasteiger partial charge is 0.316 e. The fraction of sp³-hybridized carbons (Fsp3) is 0.385. The Labute approximate surface area is 99.6 Å². The molecule has 0 saturated carbocycles. The minimum absolute atomic E-state index is 0.167. The Kier molecular flexibility index (Phi) is 4.37. The molecule has 0 aliphatic carbocycles. The highest BCUT2D eigenvalue weighted by molar-refractivity contribution is 6.08. The normalized spacial score (nSPS) is 12.3. The van der Waals surface area contributed by atoms with Crippen LogP contribution in [0, 0.1) is 17.7 Å². The van der Waals surface area contributed by atoms with Gasteiger partial charge in [0.15, 0.2) is 5.78 Å². The lowest BCUT2D eigenvalue weighted by atomic mass is 9.88. The van der Waals surface area contributed by atoms with E-state index < -0.39 is 17.7 Å². The summed E-state index contributed by atoms with van der Waals surface area (Å²) in [4.78, 5) is 23.6. The molecule has 0 heterocycles. The monoisotopic (exact) mass is 238 g/mol. The molecule has 17 heavy (non-hydrogen) atoms. The summed E-state index contributed by atoms with van der Waals surface area (Å²) in [7, 11) is 1.25. The molecule has 1 unspecified atom stereocenters. The van der Waals surface area contributed by atoms with Gasteiger partial charge in [-0.15, -0.1) is 0 Å². The van der Waals surface area contributed by atoms with E-state index in [0.29, 0.717) is 5.56 Å². The summed E-state index contributed by atoms with van der Waals surface area (Å²) >= 11 is 0. The maximum Gasteiger partial charge on any atom is 0.316 e. The predicted molar refractivity (Wildman–Crippen MR) is 61.1 cm³/mol. The molecule has 1 aromatic rings. The first-order valence-electron chi connectivity index (χ1n) is 5.35. The Bertz CT molecular complexity index is 409. The van der Waals surface area contributed by atoms with E-state index in [1.54, 1.807) is 13.8 Å². The largest absolute Gasteiger partial charge is 0.468 e. The second-order valence-electron chi connectivity index (χ2n) is 4.12. The average Bonchev–Trinajstić information content (AvgIpc) is 2.29. The Balaban J connectivity index is 3.00. The third kappa shape index (κ3) is 3.12. The van der Waals surface area contributed by atoms with Gasteiger partial charge in [0.2, 0.25) is 0 Å². The van der Waals surface area contributed by atoms with Crippen LogP contribution in [0.3, 0.4) is 0 Å². The highest BCUT2D eigenvalue weighted by Gasteiger charge is 2.31. The zero-order valence-electron chi connectivity index (χ0n) is 10.1. The van der Waals surface area contributed by atoms with Crippen molar-refractivity contribution in [3.8, 4) is 0 Å². The van der Waals surface area contributed by atoms with Gasteiger partial charge in [-0.2, -0.15) is 0 Å². The van der Waals surface area contributed by atoms with Crippen molar-refractivity contribution in [3.05, 3.63) is 35.6 Å². The van der Waals surface area contributed by atoms with E-state index in [9.17, 15) is 14.0 Å². The highest BCUT2D eigenvalue weighted by Crippen LogP contribution is 2.19. The topological polar surface area (TPSA) is 43.4 Å². The zero-order chi connectivity index (χ0) is 13.0. The summed E-state index contributed by atoms with van der Waals surface area (Å²) < 4.78 is 17.3. The standard InChI is InChI=1S/C13H15FO3/c1-8(2)11(13(16)17-3)12(15)9-4-6-10(14)7-5-9/h4-8,11H,1-3H3. The van der Waals surface area contributed by atoms with Crippen LogP contribution in [0.5, 0.6) is 0 Å². The summed E-state index contributed by atoms with van der Waals surface area (Å²) in [5.41, 5.74) is 0.315. The minimum Gasteiger partial charge on any atom is -0.468 e. The summed E-state index contributed by atoms with van der Waals surface area (Å²) in [5, 5.41) is 0. The number of Topliss-reactive ketones (excluding diaryl/α,β-unsaturated/α-hetero) is 1. The van der Waals surface area contributed by atoms with Crippen LogP contribution in [0.2, 0.25) is 0 Å². The maximum atomic E-state index is 12.7. The number of esters is 1. The van der Waals surface area contributed by atoms with Crippen molar-refractivity contribution >= 4 is 11.8 Å². The van der Waals surface area contributed by atoms with Crippen LogP contribution in [-0.4, -0.2) is 18.9 Å². The van der Waals surface area contributed by atoms with Gasteiger partial charge in [-0.1, -0.05) is 13.8 Å². The average molecular weight is 238 g/mol. The van der Waals surface area contributed by atoms with E-state index >= 15 is 0 Å².